The zero-order chi connectivity index (χ0) is 17.5. The molecule has 130 valence electrons. The molecule has 0 spiro atoms. The van der Waals surface area contributed by atoms with Crippen LogP contribution in [0.25, 0.3) is 0 Å². The molecule has 0 bridgehead atoms. The highest BCUT2D eigenvalue weighted by atomic mass is 35.5. The van der Waals surface area contributed by atoms with Gasteiger partial charge in [0.25, 0.3) is 0 Å². The van der Waals surface area contributed by atoms with Crippen LogP contribution in [0.5, 0.6) is 5.75 Å². The fourth-order valence-electron chi connectivity index (χ4n) is 2.67. The van der Waals surface area contributed by atoms with Crippen LogP contribution >= 0.6 is 23.4 Å². The molecule has 25 heavy (non-hydrogen) atoms. The smallest absolute Gasteiger partial charge is 0.118 e. The Hall–Kier alpha value is -1.91. The lowest BCUT2D eigenvalue weighted by Crippen LogP contribution is -2.13. The number of benzene rings is 2. The van der Waals surface area contributed by atoms with Crippen molar-refractivity contribution in [3.8, 4) is 5.75 Å². The van der Waals surface area contributed by atoms with E-state index in [4.69, 9.17) is 16.3 Å². The van der Waals surface area contributed by atoms with Crippen LogP contribution in [0, 0.1) is 0 Å². The van der Waals surface area contributed by atoms with Gasteiger partial charge in [-0.25, -0.2) is 4.98 Å². The number of nitrogens with zero attached hydrogens (tertiary/aromatic N) is 2. The Morgan fingerprint density at radius 1 is 1.20 bits per heavy atom. The van der Waals surface area contributed by atoms with Gasteiger partial charge in [0, 0.05) is 34.1 Å². The van der Waals surface area contributed by atoms with Crippen molar-refractivity contribution in [3.05, 3.63) is 77.8 Å². The van der Waals surface area contributed by atoms with Crippen LogP contribution in [0.4, 0.5) is 0 Å². The third-order valence-corrected chi connectivity index (χ3v) is 5.47. The van der Waals surface area contributed by atoms with Gasteiger partial charge in [-0.1, -0.05) is 29.8 Å². The van der Waals surface area contributed by atoms with Gasteiger partial charge in [-0.2, -0.15) is 0 Å². The lowest BCUT2D eigenvalue weighted by molar-refractivity contribution is 0.414. The first-order valence-electron chi connectivity index (χ1n) is 8.24. The van der Waals surface area contributed by atoms with E-state index in [1.165, 1.54) is 10.5 Å². The van der Waals surface area contributed by atoms with Gasteiger partial charge in [-0.3, -0.25) is 0 Å². The van der Waals surface area contributed by atoms with Crippen molar-refractivity contribution in [3.63, 3.8) is 0 Å². The van der Waals surface area contributed by atoms with Crippen molar-refractivity contribution in [2.45, 2.75) is 29.5 Å². The second-order valence-corrected chi connectivity index (χ2v) is 7.65. The number of halogens is 1. The number of aryl methyl sites for hydroxylation is 1. The molecular weight excluding hydrogens is 352 g/mol. The van der Waals surface area contributed by atoms with Crippen molar-refractivity contribution in [2.75, 3.05) is 7.11 Å². The number of aromatic nitrogens is 2. The van der Waals surface area contributed by atoms with Crippen LogP contribution in [0.15, 0.2) is 72.1 Å². The van der Waals surface area contributed by atoms with E-state index < -0.39 is 0 Å². The monoisotopic (exact) mass is 372 g/mol. The molecule has 1 atom stereocenters. The summed E-state index contributed by atoms with van der Waals surface area (Å²) in [6.07, 6.45) is 7.81. The minimum atomic E-state index is 0.440. The molecule has 0 saturated heterocycles. The summed E-state index contributed by atoms with van der Waals surface area (Å²) in [6, 6.07) is 16.4. The molecule has 0 radical (unpaired) electrons. The highest BCUT2D eigenvalue weighted by Crippen LogP contribution is 2.29. The number of methoxy groups -OCH3 is 1. The van der Waals surface area contributed by atoms with E-state index in [9.17, 15) is 0 Å². The summed E-state index contributed by atoms with van der Waals surface area (Å²) in [7, 11) is 1.69. The maximum Gasteiger partial charge on any atom is 0.118 e. The van der Waals surface area contributed by atoms with Crippen molar-refractivity contribution >= 4 is 23.4 Å². The first-order valence-corrected chi connectivity index (χ1v) is 9.49. The third-order valence-electron chi connectivity index (χ3n) is 3.99. The lowest BCUT2D eigenvalue weighted by Gasteiger charge is -2.17. The molecular formula is C20H21ClN2OS. The maximum atomic E-state index is 6.13. The van der Waals surface area contributed by atoms with E-state index in [0.717, 1.165) is 30.2 Å². The van der Waals surface area contributed by atoms with Gasteiger partial charge < -0.3 is 9.30 Å². The zero-order valence-electron chi connectivity index (χ0n) is 14.1. The molecule has 0 amide bonds. The standard InChI is InChI=1S/C20H21ClN2OS/c1-24-18-8-5-16(6-9-18)7-10-20(14-23-12-11-22-15-23)25-19-4-2-3-17(21)13-19/h2-6,8-9,11-13,15,20H,7,10,14H2,1H3. The van der Waals surface area contributed by atoms with Crippen LogP contribution in [0.2, 0.25) is 5.02 Å². The average Bonchev–Trinajstić information content (AvgIpc) is 3.13. The van der Waals surface area contributed by atoms with Crippen LogP contribution in [0.1, 0.15) is 12.0 Å². The number of ether oxygens (including phenoxy) is 1. The van der Waals surface area contributed by atoms with E-state index in [0.29, 0.717) is 5.25 Å². The summed E-state index contributed by atoms with van der Waals surface area (Å²) in [6.45, 7) is 0.924. The summed E-state index contributed by atoms with van der Waals surface area (Å²) in [4.78, 5) is 5.35. The molecule has 0 saturated carbocycles. The quantitative estimate of drug-likeness (QED) is 0.499. The van der Waals surface area contributed by atoms with Gasteiger partial charge in [0.15, 0.2) is 0 Å². The minimum Gasteiger partial charge on any atom is -0.497 e. The van der Waals surface area contributed by atoms with Crippen molar-refractivity contribution < 1.29 is 4.74 Å². The Kier molecular flexibility index (Phi) is 6.42. The van der Waals surface area contributed by atoms with Crippen LogP contribution in [-0.2, 0) is 13.0 Å². The molecule has 0 aliphatic carbocycles. The van der Waals surface area contributed by atoms with Crippen LogP contribution in [-0.4, -0.2) is 21.9 Å². The number of hydrogen-bond acceptors (Lipinski definition) is 3. The second kappa shape index (κ2) is 8.97. The number of thioether (sulfide) groups is 1. The van der Waals surface area contributed by atoms with E-state index in [1.54, 1.807) is 7.11 Å². The molecule has 0 aliphatic heterocycles. The number of imidazole rings is 1. The SMILES string of the molecule is COc1ccc(CCC(Cn2ccnc2)Sc2cccc(Cl)c2)cc1. The van der Waals surface area contributed by atoms with E-state index >= 15 is 0 Å². The van der Waals surface area contributed by atoms with Crippen LogP contribution in [0.3, 0.4) is 0 Å². The summed E-state index contributed by atoms with van der Waals surface area (Å²) < 4.78 is 7.36. The van der Waals surface area contributed by atoms with Crippen LogP contribution < -0.4 is 4.74 Å². The van der Waals surface area contributed by atoms with Gasteiger partial charge in [0.05, 0.1) is 13.4 Å². The Balaban J connectivity index is 1.66. The van der Waals surface area contributed by atoms with Crippen molar-refractivity contribution in [1.29, 1.82) is 0 Å². The fourth-order valence-corrected chi connectivity index (χ4v) is 4.14. The normalized spacial score (nSPS) is 12.1. The van der Waals surface area contributed by atoms with Gasteiger partial charge in [-0.15, -0.1) is 11.8 Å². The molecule has 3 rings (SSSR count). The summed E-state index contributed by atoms with van der Waals surface area (Å²) in [5.74, 6) is 0.895. The van der Waals surface area contributed by atoms with Gasteiger partial charge in [0.2, 0.25) is 0 Å². The minimum absolute atomic E-state index is 0.440. The average molecular weight is 373 g/mol. The molecule has 0 fully saturated rings. The fraction of sp³-hybridized carbons (Fsp3) is 0.250. The first-order chi connectivity index (χ1) is 12.2. The van der Waals surface area contributed by atoms with Crippen molar-refractivity contribution in [1.82, 2.24) is 9.55 Å². The van der Waals surface area contributed by atoms with E-state index in [1.807, 2.05) is 60.8 Å². The van der Waals surface area contributed by atoms with E-state index in [-0.39, 0.29) is 0 Å². The molecule has 1 unspecified atom stereocenters. The largest absolute Gasteiger partial charge is 0.497 e. The molecule has 5 heteroatoms. The maximum absolute atomic E-state index is 6.13. The Bertz CT molecular complexity index is 775. The molecule has 3 aromatic rings. The molecule has 0 aliphatic rings. The zero-order valence-corrected chi connectivity index (χ0v) is 15.7. The highest BCUT2D eigenvalue weighted by molar-refractivity contribution is 8.00. The van der Waals surface area contributed by atoms with E-state index in [2.05, 4.69) is 27.8 Å². The molecule has 1 aromatic heterocycles. The second-order valence-electron chi connectivity index (χ2n) is 5.84. The van der Waals surface area contributed by atoms with Gasteiger partial charge in [-0.05, 0) is 48.7 Å². The predicted molar refractivity (Wildman–Crippen MR) is 105 cm³/mol. The molecule has 1 heterocycles. The third kappa shape index (κ3) is 5.55. The van der Waals surface area contributed by atoms with Gasteiger partial charge in [0.1, 0.15) is 5.75 Å². The molecule has 0 N–H and O–H groups in total. The van der Waals surface area contributed by atoms with Gasteiger partial charge >= 0.3 is 0 Å². The number of hydrogen-bond donors (Lipinski definition) is 0. The topological polar surface area (TPSA) is 27.1 Å². The summed E-state index contributed by atoms with van der Waals surface area (Å²) in [5.41, 5.74) is 1.32. The Labute approximate surface area is 158 Å². The Morgan fingerprint density at radius 2 is 2.04 bits per heavy atom. The Morgan fingerprint density at radius 3 is 2.72 bits per heavy atom. The predicted octanol–water partition coefficient (Wildman–Crippen LogP) is 5.34. The molecule has 2 aromatic carbocycles. The summed E-state index contributed by atoms with van der Waals surface area (Å²) in [5, 5.41) is 1.22. The number of rotatable bonds is 8. The highest BCUT2D eigenvalue weighted by Gasteiger charge is 2.12. The van der Waals surface area contributed by atoms with Crippen molar-refractivity contribution in [2.24, 2.45) is 0 Å². The first kappa shape index (κ1) is 17.9. The summed E-state index contributed by atoms with van der Waals surface area (Å²) >= 11 is 8.00. The molecule has 3 nitrogen and oxygen atoms in total. The lowest BCUT2D eigenvalue weighted by atomic mass is 10.1.